The summed E-state index contributed by atoms with van der Waals surface area (Å²) in [6.07, 6.45) is 3.98. The molecule has 0 saturated carbocycles. The van der Waals surface area contributed by atoms with Gasteiger partial charge in [0.15, 0.2) is 0 Å². The average molecular weight is 368 g/mol. The summed E-state index contributed by atoms with van der Waals surface area (Å²) in [4.78, 5) is 22.0. The first-order valence-electron chi connectivity index (χ1n) is 9.61. The lowest BCUT2D eigenvalue weighted by molar-refractivity contribution is -0.147. The topological polar surface area (TPSA) is 74.6 Å². The van der Waals surface area contributed by atoms with Gasteiger partial charge in [0, 0.05) is 11.5 Å². The zero-order valence-corrected chi connectivity index (χ0v) is 17.3. The summed E-state index contributed by atoms with van der Waals surface area (Å²) in [7, 11) is 24.2. The maximum Gasteiger partial charge on any atom is 0.309 e. The van der Waals surface area contributed by atoms with E-state index in [4.69, 9.17) is 36.5 Å². The Morgan fingerprint density at radius 3 is 1.59 bits per heavy atom. The van der Waals surface area contributed by atoms with Gasteiger partial charge in [-0.3, -0.25) is 4.79 Å². The summed E-state index contributed by atoms with van der Waals surface area (Å²) in [5.41, 5.74) is -1.20. The molecule has 0 aromatic carbocycles. The summed E-state index contributed by atoms with van der Waals surface area (Å²) >= 11 is 0. The summed E-state index contributed by atoms with van der Waals surface area (Å²) in [6.45, 7) is 7.06. The van der Waals surface area contributed by atoms with Crippen LogP contribution in [0.5, 0.6) is 0 Å². The smallest absolute Gasteiger partial charge is 0.309 e. The first-order chi connectivity index (χ1) is 12.1. The van der Waals surface area contributed by atoms with Crippen molar-refractivity contribution in [2.24, 2.45) is 10.8 Å². The van der Waals surface area contributed by atoms with E-state index in [1.54, 1.807) is 13.8 Å². The molecule has 0 aliphatic rings. The van der Waals surface area contributed by atoms with Gasteiger partial charge in [0.05, 0.1) is 36.8 Å². The van der Waals surface area contributed by atoms with Gasteiger partial charge < -0.3 is 15.0 Å². The molecule has 27 heavy (non-hydrogen) atoms. The number of carboxylic acids is 1. The fraction of sp³-hybridized carbons (Fsp3) is 0.895. The molecule has 0 fully saturated rings. The van der Waals surface area contributed by atoms with E-state index in [1.165, 1.54) is 0 Å². The van der Waals surface area contributed by atoms with Crippen LogP contribution in [0.15, 0.2) is 0 Å². The van der Waals surface area contributed by atoms with E-state index < -0.39 is 27.9 Å². The second-order valence-electron chi connectivity index (χ2n) is 9.34. The van der Waals surface area contributed by atoms with Gasteiger partial charge in [-0.15, -0.1) is 0 Å². The Hall–Kier alpha value is -0.640. The molecule has 0 saturated heterocycles. The number of carbonyl (C=O) groups excluding carboxylic acids is 1. The SMILES string of the molecule is [B]C([B])(CCCCC(C)(C)C=O)C(O)C([B])([B])CCCCC(C)(C)C(=O)O. The van der Waals surface area contributed by atoms with Crippen LogP contribution < -0.4 is 0 Å². The highest BCUT2D eigenvalue weighted by atomic mass is 16.4. The average Bonchev–Trinajstić information content (AvgIpc) is 2.55. The predicted octanol–water partition coefficient (Wildman–Crippen LogP) is 2.71. The van der Waals surface area contributed by atoms with Crippen LogP contribution in [0.25, 0.3) is 0 Å². The normalized spacial score (nSPS) is 14.7. The third-order valence-electron chi connectivity index (χ3n) is 5.26. The van der Waals surface area contributed by atoms with Crippen LogP contribution in [-0.4, -0.2) is 60.0 Å². The highest BCUT2D eigenvalue weighted by Crippen LogP contribution is 2.43. The third-order valence-corrected chi connectivity index (χ3v) is 5.26. The Balaban J connectivity index is 4.48. The third kappa shape index (κ3) is 9.40. The highest BCUT2D eigenvalue weighted by Gasteiger charge is 2.37. The van der Waals surface area contributed by atoms with E-state index in [0.717, 1.165) is 12.7 Å². The predicted molar refractivity (Wildman–Crippen MR) is 113 cm³/mol. The minimum atomic E-state index is -1.46. The van der Waals surface area contributed by atoms with Crippen molar-refractivity contribution in [1.82, 2.24) is 0 Å². The molecule has 0 bridgehead atoms. The van der Waals surface area contributed by atoms with Crippen molar-refractivity contribution in [1.29, 1.82) is 0 Å². The summed E-state index contributed by atoms with van der Waals surface area (Å²) < 4.78 is 0. The number of rotatable bonds is 14. The van der Waals surface area contributed by atoms with Crippen LogP contribution in [0.1, 0.15) is 79.1 Å². The van der Waals surface area contributed by atoms with Gasteiger partial charge in [0.25, 0.3) is 0 Å². The Labute approximate surface area is 170 Å². The first kappa shape index (κ1) is 26.4. The number of aliphatic hydroxyl groups is 1. The molecule has 0 aliphatic heterocycles. The Kier molecular flexibility index (Phi) is 9.98. The lowest BCUT2D eigenvalue weighted by Gasteiger charge is -2.43. The number of aldehydes is 1. The molecule has 0 amide bonds. The lowest BCUT2D eigenvalue weighted by atomic mass is 9.37. The van der Waals surface area contributed by atoms with Crippen LogP contribution in [0.3, 0.4) is 0 Å². The van der Waals surface area contributed by atoms with E-state index in [0.29, 0.717) is 38.5 Å². The van der Waals surface area contributed by atoms with Crippen molar-refractivity contribution in [3.05, 3.63) is 0 Å². The minimum Gasteiger partial charge on any atom is -0.481 e. The van der Waals surface area contributed by atoms with Gasteiger partial charge in [-0.2, -0.15) is 0 Å². The van der Waals surface area contributed by atoms with Gasteiger partial charge in [0.2, 0.25) is 0 Å². The maximum atomic E-state index is 11.1. The molecule has 0 heterocycles. The van der Waals surface area contributed by atoms with Gasteiger partial charge in [0.1, 0.15) is 6.29 Å². The summed E-state index contributed by atoms with van der Waals surface area (Å²) in [5.74, 6) is -0.852. The summed E-state index contributed by atoms with van der Waals surface area (Å²) in [6, 6.07) is 0. The second kappa shape index (κ2) is 10.2. The van der Waals surface area contributed by atoms with Crippen molar-refractivity contribution in [3.63, 3.8) is 0 Å². The van der Waals surface area contributed by atoms with Crippen LogP contribution in [0, 0.1) is 10.8 Å². The lowest BCUT2D eigenvalue weighted by Crippen LogP contribution is -2.41. The maximum absolute atomic E-state index is 11.1. The zero-order valence-electron chi connectivity index (χ0n) is 17.3. The van der Waals surface area contributed by atoms with Crippen molar-refractivity contribution >= 4 is 43.6 Å². The number of hydrogen-bond donors (Lipinski definition) is 2. The molecule has 0 aromatic heterocycles. The van der Waals surface area contributed by atoms with Gasteiger partial charge in [-0.25, -0.2) is 0 Å². The molecule has 8 radical (unpaired) electrons. The number of unbranched alkanes of at least 4 members (excludes halogenated alkanes) is 2. The second-order valence-corrected chi connectivity index (χ2v) is 9.34. The molecule has 4 nitrogen and oxygen atoms in total. The fourth-order valence-corrected chi connectivity index (χ4v) is 2.95. The Morgan fingerprint density at radius 1 is 0.852 bits per heavy atom. The Morgan fingerprint density at radius 2 is 1.22 bits per heavy atom. The van der Waals surface area contributed by atoms with E-state index in [-0.39, 0.29) is 11.8 Å². The van der Waals surface area contributed by atoms with Crippen LogP contribution in [0.2, 0.25) is 10.4 Å². The minimum absolute atomic E-state index is 0.276. The fourth-order valence-electron chi connectivity index (χ4n) is 2.95. The van der Waals surface area contributed by atoms with Crippen molar-refractivity contribution in [3.8, 4) is 0 Å². The molecule has 1 atom stereocenters. The molecular weight excluding hydrogens is 335 g/mol. The van der Waals surface area contributed by atoms with Crippen LogP contribution in [0.4, 0.5) is 0 Å². The van der Waals surface area contributed by atoms with Crippen molar-refractivity contribution in [2.75, 3.05) is 0 Å². The number of carboxylic acid groups (broad SMARTS) is 1. The van der Waals surface area contributed by atoms with E-state index in [9.17, 15) is 14.7 Å². The zero-order chi connectivity index (χ0) is 21.5. The quantitative estimate of drug-likeness (QED) is 0.281. The van der Waals surface area contributed by atoms with E-state index in [1.807, 2.05) is 13.8 Å². The molecule has 0 spiro atoms. The number of carbonyl (C=O) groups is 2. The summed E-state index contributed by atoms with van der Waals surface area (Å²) in [5, 5.41) is 16.7. The molecule has 0 aromatic rings. The molecular formula is C19H32B4O4. The molecule has 144 valence electrons. The Bertz CT molecular complexity index is 490. The number of aliphatic carboxylic acids is 1. The van der Waals surface area contributed by atoms with Gasteiger partial charge in [-0.1, -0.05) is 62.8 Å². The van der Waals surface area contributed by atoms with Crippen LogP contribution in [-0.2, 0) is 9.59 Å². The van der Waals surface area contributed by atoms with E-state index in [2.05, 4.69) is 0 Å². The van der Waals surface area contributed by atoms with Gasteiger partial charge in [-0.05, 0) is 26.7 Å². The van der Waals surface area contributed by atoms with Crippen molar-refractivity contribution in [2.45, 2.75) is 95.6 Å². The van der Waals surface area contributed by atoms with Gasteiger partial charge >= 0.3 is 5.97 Å². The number of aliphatic hydroxyl groups excluding tert-OH is 1. The molecule has 1 unspecified atom stereocenters. The molecule has 0 rings (SSSR count). The van der Waals surface area contributed by atoms with Crippen molar-refractivity contribution < 1.29 is 19.8 Å². The highest BCUT2D eigenvalue weighted by molar-refractivity contribution is 6.45. The number of hydrogen-bond acceptors (Lipinski definition) is 3. The van der Waals surface area contributed by atoms with Crippen LogP contribution >= 0.6 is 0 Å². The standard InChI is InChI=1S/C19H32B4O4/c1-16(2,13-24)9-5-7-11-18(20,21)14(25)19(22,23)12-8-6-10-17(3,4)15(26)27/h13-14,25H,5-12H2,1-4H3,(H,26,27). The molecule has 0 aliphatic carbocycles. The first-order valence-corrected chi connectivity index (χ1v) is 9.61. The molecule has 8 heteroatoms. The largest absolute Gasteiger partial charge is 0.481 e. The molecule has 2 N–H and O–H groups in total. The van der Waals surface area contributed by atoms with E-state index >= 15 is 0 Å². The monoisotopic (exact) mass is 368 g/mol.